The lowest BCUT2D eigenvalue weighted by Crippen LogP contribution is -2.32. The normalized spacial score (nSPS) is 19.3. The van der Waals surface area contributed by atoms with E-state index in [0.29, 0.717) is 5.69 Å². The molecule has 1 fully saturated rings. The van der Waals surface area contributed by atoms with Crippen molar-refractivity contribution < 1.29 is 9.90 Å². The molecule has 0 spiro atoms. The molecule has 6 heteroatoms. The number of imidazole rings is 1. The number of nitrogens with one attached hydrogen (secondary N) is 1. The SMILES string of the molecule is O=C(O)C(c1[nH]cnc1Cl)N1CCCC1. The molecule has 82 valence electrons. The van der Waals surface area contributed by atoms with Gasteiger partial charge in [-0.25, -0.2) is 4.98 Å². The number of halogens is 1. The van der Waals surface area contributed by atoms with E-state index < -0.39 is 12.0 Å². The van der Waals surface area contributed by atoms with Crippen LogP contribution in [-0.2, 0) is 4.79 Å². The number of hydrogen-bond donors (Lipinski definition) is 2. The highest BCUT2D eigenvalue weighted by Gasteiger charge is 2.32. The third-order valence-electron chi connectivity index (χ3n) is 2.63. The topological polar surface area (TPSA) is 69.2 Å². The maximum atomic E-state index is 11.2. The van der Waals surface area contributed by atoms with E-state index in [1.807, 2.05) is 4.90 Å². The summed E-state index contributed by atoms with van der Waals surface area (Å²) in [4.78, 5) is 19.7. The molecule has 0 saturated carbocycles. The first-order chi connectivity index (χ1) is 7.20. The fourth-order valence-corrected chi connectivity index (χ4v) is 2.15. The molecule has 0 aliphatic carbocycles. The van der Waals surface area contributed by atoms with E-state index in [9.17, 15) is 9.90 Å². The number of aliphatic carboxylic acids is 1. The fraction of sp³-hybridized carbons (Fsp3) is 0.556. The average Bonchev–Trinajstić information content (AvgIpc) is 2.79. The lowest BCUT2D eigenvalue weighted by molar-refractivity contribution is -0.143. The minimum absolute atomic E-state index is 0.245. The van der Waals surface area contributed by atoms with Crippen molar-refractivity contribution in [1.82, 2.24) is 14.9 Å². The summed E-state index contributed by atoms with van der Waals surface area (Å²) < 4.78 is 0. The molecule has 15 heavy (non-hydrogen) atoms. The highest BCUT2D eigenvalue weighted by Crippen LogP contribution is 2.27. The van der Waals surface area contributed by atoms with Gasteiger partial charge in [-0.3, -0.25) is 9.69 Å². The number of carbonyl (C=O) groups is 1. The third-order valence-corrected chi connectivity index (χ3v) is 2.93. The summed E-state index contributed by atoms with van der Waals surface area (Å²) in [6.07, 6.45) is 3.49. The smallest absolute Gasteiger partial charge is 0.327 e. The van der Waals surface area contributed by atoms with E-state index in [-0.39, 0.29) is 5.15 Å². The van der Waals surface area contributed by atoms with Gasteiger partial charge in [-0.1, -0.05) is 11.6 Å². The minimum Gasteiger partial charge on any atom is -0.480 e. The first-order valence-corrected chi connectivity index (χ1v) is 5.23. The third kappa shape index (κ3) is 1.98. The zero-order valence-electron chi connectivity index (χ0n) is 8.11. The summed E-state index contributed by atoms with van der Waals surface area (Å²) in [5.74, 6) is -0.886. The van der Waals surface area contributed by atoms with Crippen molar-refractivity contribution in [3.63, 3.8) is 0 Å². The number of aromatic amines is 1. The van der Waals surface area contributed by atoms with E-state index >= 15 is 0 Å². The Hall–Kier alpha value is -1.07. The molecule has 0 bridgehead atoms. The van der Waals surface area contributed by atoms with E-state index in [1.54, 1.807) is 0 Å². The molecule has 1 aliphatic heterocycles. The number of hydrogen-bond acceptors (Lipinski definition) is 3. The van der Waals surface area contributed by atoms with Crippen LogP contribution in [0.1, 0.15) is 24.6 Å². The van der Waals surface area contributed by atoms with Crippen LogP contribution < -0.4 is 0 Å². The number of carboxylic acids is 1. The van der Waals surface area contributed by atoms with Crippen LogP contribution in [0.5, 0.6) is 0 Å². The van der Waals surface area contributed by atoms with Gasteiger partial charge in [0.05, 0.1) is 12.0 Å². The Morgan fingerprint density at radius 3 is 2.73 bits per heavy atom. The predicted octanol–water partition coefficient (Wildman–Crippen LogP) is 1.28. The average molecular weight is 230 g/mol. The second kappa shape index (κ2) is 4.20. The van der Waals surface area contributed by atoms with Gasteiger partial charge in [0.1, 0.15) is 0 Å². The van der Waals surface area contributed by atoms with Gasteiger partial charge in [0.2, 0.25) is 0 Å². The van der Waals surface area contributed by atoms with Crippen molar-refractivity contribution >= 4 is 17.6 Å². The molecule has 1 saturated heterocycles. The number of likely N-dealkylation sites (tertiary alicyclic amines) is 1. The number of carboxylic acid groups (broad SMARTS) is 1. The molecule has 0 amide bonds. The van der Waals surface area contributed by atoms with Crippen LogP contribution in [0.2, 0.25) is 5.15 Å². The van der Waals surface area contributed by atoms with Crippen LogP contribution >= 0.6 is 11.6 Å². The minimum atomic E-state index is -0.886. The van der Waals surface area contributed by atoms with Crippen LogP contribution in [-0.4, -0.2) is 39.0 Å². The van der Waals surface area contributed by atoms with Gasteiger partial charge in [0.25, 0.3) is 0 Å². The Balaban J connectivity index is 2.27. The van der Waals surface area contributed by atoms with E-state index in [2.05, 4.69) is 9.97 Å². The van der Waals surface area contributed by atoms with Crippen molar-refractivity contribution in [2.75, 3.05) is 13.1 Å². The Bertz CT molecular complexity index is 360. The molecule has 1 unspecified atom stereocenters. The van der Waals surface area contributed by atoms with Crippen LogP contribution in [0.3, 0.4) is 0 Å². The van der Waals surface area contributed by atoms with E-state index in [4.69, 9.17) is 11.6 Å². The standard InChI is InChI=1S/C9H12ClN3O2/c10-8-6(11-5-12-8)7(9(14)15)13-3-1-2-4-13/h5,7H,1-4H2,(H,11,12)(H,14,15). The molecule has 1 aromatic heterocycles. The number of nitrogens with zero attached hydrogens (tertiary/aromatic N) is 2. The van der Waals surface area contributed by atoms with Crippen molar-refractivity contribution in [2.24, 2.45) is 0 Å². The van der Waals surface area contributed by atoms with E-state index in [1.165, 1.54) is 6.33 Å². The van der Waals surface area contributed by atoms with Crippen LogP contribution in [0, 0.1) is 0 Å². The van der Waals surface area contributed by atoms with Crippen LogP contribution in [0.25, 0.3) is 0 Å². The van der Waals surface area contributed by atoms with Crippen LogP contribution in [0.4, 0.5) is 0 Å². The largest absolute Gasteiger partial charge is 0.480 e. The molecule has 1 atom stereocenters. The van der Waals surface area contributed by atoms with Gasteiger partial charge in [-0.15, -0.1) is 0 Å². The molecule has 2 heterocycles. The second-order valence-corrected chi connectivity index (χ2v) is 3.95. The molecule has 2 N–H and O–H groups in total. The van der Waals surface area contributed by atoms with Crippen molar-refractivity contribution in [1.29, 1.82) is 0 Å². The summed E-state index contributed by atoms with van der Waals surface area (Å²) in [5, 5.41) is 9.43. The zero-order valence-corrected chi connectivity index (χ0v) is 8.87. The summed E-state index contributed by atoms with van der Waals surface area (Å²) >= 11 is 5.82. The maximum absolute atomic E-state index is 11.2. The molecule has 0 radical (unpaired) electrons. The molecular formula is C9H12ClN3O2. The highest BCUT2D eigenvalue weighted by molar-refractivity contribution is 6.30. The summed E-state index contributed by atoms with van der Waals surface area (Å²) in [7, 11) is 0. The maximum Gasteiger partial charge on any atom is 0.327 e. The Kier molecular flexibility index (Phi) is 2.93. The monoisotopic (exact) mass is 229 g/mol. The van der Waals surface area contributed by atoms with Crippen molar-refractivity contribution in [3.8, 4) is 0 Å². The van der Waals surface area contributed by atoms with Crippen LogP contribution in [0.15, 0.2) is 6.33 Å². The summed E-state index contributed by atoms with van der Waals surface area (Å²) in [5.41, 5.74) is 0.478. The van der Waals surface area contributed by atoms with Gasteiger partial charge in [-0.2, -0.15) is 0 Å². The quantitative estimate of drug-likeness (QED) is 0.820. The lowest BCUT2D eigenvalue weighted by Gasteiger charge is -2.22. The number of rotatable bonds is 3. The summed E-state index contributed by atoms with van der Waals surface area (Å²) in [6, 6.07) is -0.692. The molecule has 2 rings (SSSR count). The first-order valence-electron chi connectivity index (χ1n) is 4.86. The van der Waals surface area contributed by atoms with Crippen molar-refractivity contribution in [3.05, 3.63) is 17.2 Å². The van der Waals surface area contributed by atoms with Crippen molar-refractivity contribution in [2.45, 2.75) is 18.9 Å². The molecule has 1 aliphatic rings. The predicted molar refractivity (Wildman–Crippen MR) is 54.8 cm³/mol. The second-order valence-electron chi connectivity index (χ2n) is 3.59. The molecular weight excluding hydrogens is 218 g/mol. The molecule has 0 aromatic carbocycles. The highest BCUT2D eigenvalue weighted by atomic mass is 35.5. The van der Waals surface area contributed by atoms with Gasteiger partial charge < -0.3 is 10.1 Å². The van der Waals surface area contributed by atoms with Gasteiger partial charge in [-0.05, 0) is 25.9 Å². The Labute approximate surface area is 92.1 Å². The summed E-state index contributed by atoms with van der Waals surface area (Å²) in [6.45, 7) is 1.60. The van der Waals surface area contributed by atoms with Gasteiger partial charge in [0, 0.05) is 0 Å². The Morgan fingerprint density at radius 1 is 1.60 bits per heavy atom. The lowest BCUT2D eigenvalue weighted by atomic mass is 10.2. The number of H-pyrrole nitrogens is 1. The van der Waals surface area contributed by atoms with Gasteiger partial charge >= 0.3 is 5.97 Å². The Morgan fingerprint density at radius 2 is 2.27 bits per heavy atom. The fourth-order valence-electron chi connectivity index (χ4n) is 1.94. The molecule has 5 nitrogen and oxygen atoms in total. The van der Waals surface area contributed by atoms with Gasteiger partial charge in [0.15, 0.2) is 11.2 Å². The molecule has 1 aromatic rings. The number of aromatic nitrogens is 2. The van der Waals surface area contributed by atoms with E-state index in [0.717, 1.165) is 25.9 Å². The zero-order chi connectivity index (χ0) is 10.8. The first kappa shape index (κ1) is 10.4.